The highest BCUT2D eigenvalue weighted by Crippen LogP contribution is 2.33. The zero-order valence-corrected chi connectivity index (χ0v) is 20.9. The summed E-state index contributed by atoms with van der Waals surface area (Å²) in [6, 6.07) is 16.7. The third-order valence-electron chi connectivity index (χ3n) is 7.66. The molecule has 0 unspecified atom stereocenters. The second-order valence-electron chi connectivity index (χ2n) is 10.3. The summed E-state index contributed by atoms with van der Waals surface area (Å²) in [5.41, 5.74) is 7.98. The van der Waals surface area contributed by atoms with Crippen molar-refractivity contribution in [1.29, 1.82) is 0 Å². The fourth-order valence-corrected chi connectivity index (χ4v) is 5.75. The highest BCUT2D eigenvalue weighted by atomic mass is 19.1. The van der Waals surface area contributed by atoms with Crippen LogP contribution in [0.15, 0.2) is 73.2 Å². The molecule has 4 aromatic heterocycles. The summed E-state index contributed by atoms with van der Waals surface area (Å²) in [6.07, 6.45) is 13.4. The monoisotopic (exact) mass is 502 g/mol. The number of aromatic amines is 2. The van der Waals surface area contributed by atoms with Gasteiger partial charge in [-0.25, -0.2) is 9.37 Å². The predicted molar refractivity (Wildman–Crippen MR) is 148 cm³/mol. The van der Waals surface area contributed by atoms with Gasteiger partial charge in [-0.15, -0.1) is 0 Å². The lowest BCUT2D eigenvalue weighted by Crippen LogP contribution is -2.09. The third-order valence-corrected chi connectivity index (χ3v) is 7.66. The van der Waals surface area contributed by atoms with Crippen molar-refractivity contribution in [2.75, 3.05) is 0 Å². The van der Waals surface area contributed by atoms with Crippen LogP contribution in [0.25, 0.3) is 55.8 Å². The number of fused-ring (bicyclic) bond motifs is 2. The Kier molecular flexibility index (Phi) is 5.69. The molecule has 2 aromatic carbocycles. The molecule has 0 radical (unpaired) electrons. The Bertz CT molecular complexity index is 1760. The molecule has 7 rings (SSSR count). The predicted octanol–water partition coefficient (Wildman–Crippen LogP) is 7.49. The minimum atomic E-state index is -0.272. The van der Waals surface area contributed by atoms with Gasteiger partial charge in [0.25, 0.3) is 0 Å². The van der Waals surface area contributed by atoms with Crippen molar-refractivity contribution >= 4 is 21.9 Å². The Morgan fingerprint density at radius 2 is 1.76 bits per heavy atom. The zero-order chi connectivity index (χ0) is 25.5. The maximum Gasteiger partial charge on any atom is 0.159 e. The number of para-hydroxylation sites is 1. The van der Waals surface area contributed by atoms with E-state index in [1.807, 2.05) is 42.9 Å². The number of H-pyrrole nitrogens is 2. The molecule has 6 nitrogen and oxygen atoms in total. The van der Waals surface area contributed by atoms with Gasteiger partial charge in [-0.2, -0.15) is 5.10 Å². The van der Waals surface area contributed by atoms with E-state index in [2.05, 4.69) is 32.3 Å². The summed E-state index contributed by atoms with van der Waals surface area (Å²) in [5.74, 6) is 1.13. The van der Waals surface area contributed by atoms with Gasteiger partial charge in [0.2, 0.25) is 0 Å². The van der Waals surface area contributed by atoms with E-state index in [1.165, 1.54) is 49.8 Å². The van der Waals surface area contributed by atoms with Crippen LogP contribution < -0.4 is 0 Å². The Balaban J connectivity index is 1.26. The number of benzene rings is 2. The lowest BCUT2D eigenvalue weighted by molar-refractivity contribution is 0.356. The molecule has 38 heavy (non-hydrogen) atoms. The summed E-state index contributed by atoms with van der Waals surface area (Å²) in [4.78, 5) is 17.5. The first kappa shape index (κ1) is 22.8. The molecule has 0 atom stereocenters. The van der Waals surface area contributed by atoms with Gasteiger partial charge in [0, 0.05) is 28.9 Å². The number of rotatable bonds is 5. The van der Waals surface area contributed by atoms with Gasteiger partial charge in [-0.1, -0.05) is 56.4 Å². The molecule has 1 aliphatic rings. The third kappa shape index (κ3) is 4.24. The van der Waals surface area contributed by atoms with Crippen LogP contribution in [0, 0.1) is 11.7 Å². The number of hydrogen-bond donors (Lipinski definition) is 2. The minimum Gasteiger partial charge on any atom is -0.337 e. The number of halogens is 1. The second-order valence-corrected chi connectivity index (χ2v) is 10.3. The number of nitrogens with one attached hydrogen (secondary N) is 2. The van der Waals surface area contributed by atoms with Crippen LogP contribution in [-0.2, 0) is 6.42 Å². The first-order chi connectivity index (χ1) is 18.7. The van der Waals surface area contributed by atoms with Gasteiger partial charge in [0.15, 0.2) is 5.82 Å². The maximum absolute atomic E-state index is 13.9. The highest BCUT2D eigenvalue weighted by molar-refractivity contribution is 5.97. The Morgan fingerprint density at radius 3 is 2.66 bits per heavy atom. The van der Waals surface area contributed by atoms with Crippen LogP contribution in [0.3, 0.4) is 0 Å². The maximum atomic E-state index is 13.9. The molecule has 1 aliphatic carbocycles. The number of imidazole rings is 1. The van der Waals surface area contributed by atoms with Crippen molar-refractivity contribution in [3.63, 3.8) is 0 Å². The molecular weight excluding hydrogens is 475 g/mol. The average molecular weight is 503 g/mol. The molecule has 1 fully saturated rings. The van der Waals surface area contributed by atoms with Crippen molar-refractivity contribution in [2.45, 2.75) is 38.5 Å². The first-order valence-electron chi connectivity index (χ1n) is 13.2. The van der Waals surface area contributed by atoms with E-state index in [-0.39, 0.29) is 5.82 Å². The van der Waals surface area contributed by atoms with E-state index in [9.17, 15) is 4.39 Å². The van der Waals surface area contributed by atoms with E-state index < -0.39 is 0 Å². The van der Waals surface area contributed by atoms with Gasteiger partial charge in [0.1, 0.15) is 11.5 Å². The van der Waals surface area contributed by atoms with Crippen molar-refractivity contribution in [3.8, 4) is 33.9 Å². The summed E-state index contributed by atoms with van der Waals surface area (Å²) >= 11 is 0. The van der Waals surface area contributed by atoms with Crippen molar-refractivity contribution in [3.05, 3.63) is 84.6 Å². The fourth-order valence-electron chi connectivity index (χ4n) is 5.75. The van der Waals surface area contributed by atoms with Crippen LogP contribution in [0.2, 0.25) is 0 Å². The van der Waals surface area contributed by atoms with Crippen molar-refractivity contribution in [2.24, 2.45) is 5.92 Å². The van der Waals surface area contributed by atoms with Crippen molar-refractivity contribution < 1.29 is 4.39 Å². The summed E-state index contributed by atoms with van der Waals surface area (Å²) in [6.45, 7) is 0. The van der Waals surface area contributed by atoms with Gasteiger partial charge >= 0.3 is 0 Å². The SMILES string of the molecule is Fc1cccc(-c2cccc3[nH]c(-c4n[nH]c5cnc(-c6cncc(CC7CCCCC7)c6)cc45)nc23)c1. The lowest BCUT2D eigenvalue weighted by Gasteiger charge is -2.21. The summed E-state index contributed by atoms with van der Waals surface area (Å²) < 4.78 is 13.9. The number of hydrogen-bond acceptors (Lipinski definition) is 4. The van der Waals surface area contributed by atoms with Crippen molar-refractivity contribution in [1.82, 2.24) is 30.1 Å². The summed E-state index contributed by atoms with van der Waals surface area (Å²) in [7, 11) is 0. The average Bonchev–Trinajstić information content (AvgIpc) is 3.57. The Hall–Kier alpha value is -4.39. The van der Waals surface area contributed by atoms with Crippen LogP contribution >= 0.6 is 0 Å². The topological polar surface area (TPSA) is 83.1 Å². The first-order valence-corrected chi connectivity index (χ1v) is 13.2. The quantitative estimate of drug-likeness (QED) is 0.256. The van der Waals surface area contributed by atoms with E-state index in [0.717, 1.165) is 62.4 Å². The van der Waals surface area contributed by atoms with E-state index >= 15 is 0 Å². The second kappa shape index (κ2) is 9.49. The number of aromatic nitrogens is 6. The highest BCUT2D eigenvalue weighted by Gasteiger charge is 2.18. The Labute approximate surface area is 219 Å². The van der Waals surface area contributed by atoms with Crippen LogP contribution in [0.1, 0.15) is 37.7 Å². The molecule has 188 valence electrons. The molecule has 4 heterocycles. The molecule has 6 aromatic rings. The van der Waals surface area contributed by atoms with E-state index in [0.29, 0.717) is 5.82 Å². The van der Waals surface area contributed by atoms with Gasteiger partial charge in [-0.05, 0) is 53.8 Å². The normalized spacial score (nSPS) is 14.4. The van der Waals surface area contributed by atoms with E-state index in [4.69, 9.17) is 9.97 Å². The minimum absolute atomic E-state index is 0.272. The van der Waals surface area contributed by atoms with Crippen LogP contribution in [0.4, 0.5) is 4.39 Å². The molecule has 0 saturated heterocycles. The zero-order valence-electron chi connectivity index (χ0n) is 20.9. The smallest absolute Gasteiger partial charge is 0.159 e. The molecule has 7 heteroatoms. The molecule has 2 N–H and O–H groups in total. The molecule has 0 bridgehead atoms. The van der Waals surface area contributed by atoms with Crippen LogP contribution in [-0.4, -0.2) is 30.1 Å². The molecule has 1 saturated carbocycles. The number of pyridine rings is 2. The molecule has 0 aliphatic heterocycles. The molecule has 0 spiro atoms. The molecular formula is C31H27FN6. The fraction of sp³-hybridized carbons (Fsp3) is 0.226. The van der Waals surface area contributed by atoms with Gasteiger partial charge in [0.05, 0.1) is 28.4 Å². The largest absolute Gasteiger partial charge is 0.337 e. The standard InChI is InChI=1S/C31H27FN6/c32-23-9-4-8-21(14-23)24-10-5-11-26-29(24)36-31(35-26)30-25-15-27(34-18-28(25)37-38-30)22-13-20(16-33-17-22)12-19-6-2-1-3-7-19/h4-5,8-11,13-19H,1-3,6-7,12H2,(H,35,36)(H,37,38). The van der Waals surface area contributed by atoms with E-state index in [1.54, 1.807) is 6.07 Å². The van der Waals surface area contributed by atoms with Gasteiger partial charge in [-0.3, -0.25) is 15.1 Å². The molecule has 0 amide bonds. The Morgan fingerprint density at radius 1 is 0.868 bits per heavy atom. The van der Waals surface area contributed by atoms with Gasteiger partial charge < -0.3 is 4.98 Å². The van der Waals surface area contributed by atoms with Crippen LogP contribution in [0.5, 0.6) is 0 Å². The lowest BCUT2D eigenvalue weighted by atomic mass is 9.85. The number of nitrogens with zero attached hydrogens (tertiary/aromatic N) is 4. The summed E-state index contributed by atoms with van der Waals surface area (Å²) in [5, 5.41) is 8.59.